The molecule has 0 unspecified atom stereocenters. The van der Waals surface area contributed by atoms with Crippen LogP contribution in [0.2, 0.25) is 0 Å². The number of ketones is 1. The first-order valence-corrected chi connectivity index (χ1v) is 12.1. The zero-order valence-corrected chi connectivity index (χ0v) is 20.7. The van der Waals surface area contributed by atoms with Gasteiger partial charge in [-0.2, -0.15) is 5.26 Å². The van der Waals surface area contributed by atoms with Crippen molar-refractivity contribution in [2.45, 2.75) is 52.9 Å². The fraction of sp³-hybridized carbons (Fsp3) is 0.360. The van der Waals surface area contributed by atoms with Gasteiger partial charge in [-0.25, -0.2) is 0 Å². The zero-order valence-electron chi connectivity index (χ0n) is 18.3. The van der Waals surface area contributed by atoms with Gasteiger partial charge in [-0.3, -0.25) is 9.69 Å². The molecule has 0 radical (unpaired) electrons. The lowest BCUT2D eigenvalue weighted by atomic mass is 9.69. The van der Waals surface area contributed by atoms with E-state index in [9.17, 15) is 10.1 Å². The predicted octanol–water partition coefficient (Wildman–Crippen LogP) is 6.32. The summed E-state index contributed by atoms with van der Waals surface area (Å²) in [6.07, 6.45) is 2.13. The lowest BCUT2D eigenvalue weighted by molar-refractivity contribution is -0.118. The molecule has 1 aliphatic carbocycles. The number of nitriles is 1. The Morgan fingerprint density at radius 2 is 2.03 bits per heavy atom. The molecule has 0 bridgehead atoms. The minimum atomic E-state index is -0.388. The van der Waals surface area contributed by atoms with Crippen molar-refractivity contribution in [1.82, 2.24) is 0 Å². The summed E-state index contributed by atoms with van der Waals surface area (Å²) in [5, 5.41) is 10.2. The van der Waals surface area contributed by atoms with E-state index < -0.39 is 0 Å². The smallest absolute Gasteiger partial charge is 0.162 e. The number of allylic oxidation sites excluding steroid dienone is 3. The molecule has 31 heavy (non-hydrogen) atoms. The molecule has 1 aliphatic heterocycles. The Labute approximate surface area is 196 Å². The van der Waals surface area contributed by atoms with Gasteiger partial charge in [0, 0.05) is 31.9 Å². The second-order valence-corrected chi connectivity index (χ2v) is 11.2. The van der Waals surface area contributed by atoms with E-state index in [1.165, 1.54) is 4.88 Å². The Bertz CT molecular complexity index is 1180. The van der Waals surface area contributed by atoms with E-state index in [1.54, 1.807) is 11.3 Å². The van der Waals surface area contributed by atoms with Gasteiger partial charge in [0.25, 0.3) is 0 Å². The van der Waals surface area contributed by atoms with Crippen LogP contribution >= 0.6 is 27.3 Å². The molecule has 0 saturated heterocycles. The molecule has 1 aromatic carbocycles. The second-order valence-electron chi connectivity index (χ2n) is 9.07. The quantitative estimate of drug-likeness (QED) is 0.540. The molecule has 2 N–H and O–H groups in total. The van der Waals surface area contributed by atoms with Crippen molar-refractivity contribution >= 4 is 38.7 Å². The number of nitrogens with zero attached hydrogens (tertiary/aromatic N) is 2. The molecule has 0 amide bonds. The molecule has 0 saturated carbocycles. The predicted molar refractivity (Wildman–Crippen MR) is 130 cm³/mol. The highest BCUT2D eigenvalue weighted by Crippen LogP contribution is 2.51. The third-order valence-corrected chi connectivity index (χ3v) is 7.88. The standard InChI is InChI=1S/C25H26BrN3OS/c1-5-16-7-9-21(31-16)22-17(13-27)24(28)29(18-8-6-15(26)10-14(18)2)19-11-25(3,4)12-20(30)23(19)22/h6-10,22H,5,11-12,28H2,1-4H3/t22-/m1/s1. The fourth-order valence-electron chi connectivity index (χ4n) is 4.68. The third-order valence-electron chi connectivity index (χ3n) is 6.10. The lowest BCUT2D eigenvalue weighted by Gasteiger charge is -2.44. The molecule has 6 heteroatoms. The highest BCUT2D eigenvalue weighted by atomic mass is 79.9. The van der Waals surface area contributed by atoms with Crippen molar-refractivity contribution in [3.63, 3.8) is 0 Å². The van der Waals surface area contributed by atoms with Crippen LogP contribution in [0.15, 0.2) is 57.5 Å². The van der Waals surface area contributed by atoms with Crippen LogP contribution in [0, 0.1) is 23.7 Å². The first kappa shape index (κ1) is 21.9. The van der Waals surface area contributed by atoms with Gasteiger partial charge in [-0.1, -0.05) is 36.7 Å². The van der Waals surface area contributed by atoms with E-state index >= 15 is 0 Å². The largest absolute Gasteiger partial charge is 0.384 e. The number of Topliss-reactive ketones (excluding diaryl/α,β-unsaturated/α-hetero) is 1. The van der Waals surface area contributed by atoms with Gasteiger partial charge in [0.15, 0.2) is 5.78 Å². The number of nitrogens with two attached hydrogens (primary N) is 1. The van der Waals surface area contributed by atoms with Crippen LogP contribution in [0.1, 0.15) is 54.8 Å². The van der Waals surface area contributed by atoms with Gasteiger partial charge in [-0.05, 0) is 61.1 Å². The van der Waals surface area contributed by atoms with Crippen molar-refractivity contribution in [2.24, 2.45) is 11.1 Å². The van der Waals surface area contributed by atoms with Gasteiger partial charge in [0.05, 0.1) is 23.2 Å². The molecule has 0 spiro atoms. The number of thiophene rings is 1. The summed E-state index contributed by atoms with van der Waals surface area (Å²) in [6.45, 7) is 8.38. The van der Waals surface area contributed by atoms with Crippen LogP contribution in [-0.4, -0.2) is 5.78 Å². The Morgan fingerprint density at radius 3 is 2.65 bits per heavy atom. The number of carbonyl (C=O) groups excluding carboxylic acids is 1. The molecule has 2 heterocycles. The maximum atomic E-state index is 13.5. The first-order valence-electron chi connectivity index (χ1n) is 10.5. The summed E-state index contributed by atoms with van der Waals surface area (Å²) in [5.41, 5.74) is 10.6. The van der Waals surface area contributed by atoms with Crippen molar-refractivity contribution < 1.29 is 4.79 Å². The molecule has 2 aliphatic rings. The molecule has 1 atom stereocenters. The van der Waals surface area contributed by atoms with E-state index in [0.29, 0.717) is 17.8 Å². The number of aryl methyl sites for hydroxylation is 2. The van der Waals surface area contributed by atoms with Gasteiger partial charge in [-0.15, -0.1) is 11.3 Å². The lowest BCUT2D eigenvalue weighted by Crippen LogP contribution is -2.42. The Kier molecular flexibility index (Phi) is 5.61. The van der Waals surface area contributed by atoms with Crippen LogP contribution in [0.25, 0.3) is 0 Å². The Morgan fingerprint density at radius 1 is 1.29 bits per heavy atom. The Balaban J connectivity index is 2.00. The average molecular weight is 496 g/mol. The SMILES string of the molecule is CCc1ccc([C@H]2C(C#N)=C(N)N(c3ccc(Br)cc3C)C3=C2C(=O)CC(C)(C)C3)s1. The zero-order chi connectivity index (χ0) is 22.5. The molecule has 160 valence electrons. The monoisotopic (exact) mass is 495 g/mol. The van der Waals surface area contributed by atoms with Crippen LogP contribution in [-0.2, 0) is 11.2 Å². The highest BCUT2D eigenvalue weighted by molar-refractivity contribution is 9.10. The van der Waals surface area contributed by atoms with E-state index in [1.807, 2.05) is 30.0 Å². The van der Waals surface area contributed by atoms with Crippen molar-refractivity contribution in [3.8, 4) is 6.07 Å². The summed E-state index contributed by atoms with van der Waals surface area (Å²) in [5.74, 6) is 0.150. The second kappa shape index (κ2) is 7.96. The Hall–Kier alpha value is -2.36. The maximum Gasteiger partial charge on any atom is 0.162 e. The molecular weight excluding hydrogens is 470 g/mol. The van der Waals surface area contributed by atoms with Crippen molar-refractivity contribution in [3.05, 3.63) is 72.8 Å². The maximum absolute atomic E-state index is 13.5. The first-order chi connectivity index (χ1) is 14.7. The number of benzene rings is 1. The average Bonchev–Trinajstić information content (AvgIpc) is 3.16. The summed E-state index contributed by atoms with van der Waals surface area (Å²) < 4.78 is 0.978. The third kappa shape index (κ3) is 3.75. The highest BCUT2D eigenvalue weighted by Gasteiger charge is 2.45. The van der Waals surface area contributed by atoms with Crippen molar-refractivity contribution in [1.29, 1.82) is 5.26 Å². The number of anilines is 1. The topological polar surface area (TPSA) is 70.1 Å². The summed E-state index contributed by atoms with van der Waals surface area (Å²) >= 11 is 5.20. The number of carbonyl (C=O) groups is 1. The van der Waals surface area contributed by atoms with E-state index in [4.69, 9.17) is 5.73 Å². The normalized spacial score (nSPS) is 20.7. The molecule has 0 fully saturated rings. The van der Waals surface area contributed by atoms with Crippen LogP contribution in [0.3, 0.4) is 0 Å². The van der Waals surface area contributed by atoms with E-state index in [2.05, 4.69) is 54.9 Å². The fourth-order valence-corrected chi connectivity index (χ4v) is 6.23. The van der Waals surface area contributed by atoms with Crippen LogP contribution in [0.5, 0.6) is 0 Å². The molecule has 2 aromatic rings. The van der Waals surface area contributed by atoms with Gasteiger partial charge >= 0.3 is 0 Å². The molecule has 1 aromatic heterocycles. The molecule has 4 nitrogen and oxygen atoms in total. The summed E-state index contributed by atoms with van der Waals surface area (Å²) in [4.78, 5) is 17.7. The van der Waals surface area contributed by atoms with E-state index in [0.717, 1.165) is 44.7 Å². The van der Waals surface area contributed by atoms with Crippen LogP contribution < -0.4 is 10.6 Å². The van der Waals surface area contributed by atoms with Gasteiger partial charge in [0.2, 0.25) is 0 Å². The summed E-state index contributed by atoms with van der Waals surface area (Å²) in [7, 11) is 0. The number of rotatable bonds is 3. The summed E-state index contributed by atoms with van der Waals surface area (Å²) in [6, 6.07) is 12.5. The van der Waals surface area contributed by atoms with Gasteiger partial charge < -0.3 is 5.73 Å². The number of hydrogen-bond acceptors (Lipinski definition) is 5. The number of hydrogen-bond donors (Lipinski definition) is 1. The minimum Gasteiger partial charge on any atom is -0.384 e. The van der Waals surface area contributed by atoms with E-state index in [-0.39, 0.29) is 17.1 Å². The minimum absolute atomic E-state index is 0.114. The van der Waals surface area contributed by atoms with Crippen molar-refractivity contribution in [2.75, 3.05) is 4.90 Å². The number of halogens is 1. The van der Waals surface area contributed by atoms with Gasteiger partial charge in [0.1, 0.15) is 5.82 Å². The molecule has 4 rings (SSSR count). The molecular formula is C25H26BrN3OS. The van der Waals surface area contributed by atoms with Crippen LogP contribution in [0.4, 0.5) is 5.69 Å².